The van der Waals surface area contributed by atoms with Crippen molar-refractivity contribution in [3.63, 3.8) is 0 Å². The smallest absolute Gasteiger partial charge is 0.306 e. The molecule has 0 N–H and O–H groups in total. The second-order valence-electron chi connectivity index (χ2n) is 5.64. The number of hydrogen-bond donors (Lipinski definition) is 0. The van der Waals surface area contributed by atoms with Crippen molar-refractivity contribution in [3.8, 4) is 0 Å². The van der Waals surface area contributed by atoms with Gasteiger partial charge < -0.3 is 4.74 Å². The molecule has 1 atom stereocenters. The van der Waals surface area contributed by atoms with Crippen molar-refractivity contribution in [2.45, 2.75) is 45.1 Å². The maximum atomic E-state index is 11.8. The fraction of sp³-hybridized carbons (Fsp3) is 0.562. The van der Waals surface area contributed by atoms with E-state index >= 15 is 0 Å². The van der Waals surface area contributed by atoms with E-state index in [4.69, 9.17) is 4.74 Å². The number of esters is 1. The van der Waals surface area contributed by atoms with Crippen LogP contribution >= 0.6 is 0 Å². The lowest BCUT2D eigenvalue weighted by molar-refractivity contribution is -0.143. The molecule has 0 bridgehead atoms. The van der Waals surface area contributed by atoms with Crippen LogP contribution in [0, 0.1) is 5.92 Å². The Labute approximate surface area is 126 Å². The molecule has 2 radical (unpaired) electrons. The van der Waals surface area contributed by atoms with Gasteiger partial charge in [-0.15, -0.1) is 0 Å². The van der Waals surface area contributed by atoms with Gasteiger partial charge in [0.1, 0.15) is 0 Å². The highest BCUT2D eigenvalue weighted by Gasteiger charge is 2.21. The lowest BCUT2D eigenvalue weighted by Gasteiger charge is -2.21. The maximum absolute atomic E-state index is 11.8. The van der Waals surface area contributed by atoms with Gasteiger partial charge in [-0.1, -0.05) is 67.2 Å². The molecule has 1 rings (SSSR count). The normalized spacial score (nSPS) is 12.7. The first-order valence-corrected chi connectivity index (χ1v) is 12.3. The molecule has 0 aliphatic carbocycles. The average Bonchev–Trinajstić information content (AvgIpc) is 2.39. The summed E-state index contributed by atoms with van der Waals surface area (Å²) in [5.74, 6) is 0.473. The Morgan fingerprint density at radius 1 is 1.15 bits per heavy atom. The van der Waals surface area contributed by atoms with E-state index in [-0.39, 0.29) is 14.8 Å². The Morgan fingerprint density at radius 3 is 2.35 bits per heavy atom. The fourth-order valence-electron chi connectivity index (χ4n) is 2.52. The second-order valence-corrected chi connectivity index (χ2v) is 11.0. The van der Waals surface area contributed by atoms with Crippen LogP contribution < -0.4 is 5.19 Å². The van der Waals surface area contributed by atoms with Crippen molar-refractivity contribution in [2.75, 3.05) is 6.61 Å². The highest BCUT2D eigenvalue weighted by molar-refractivity contribution is 6.72. The second kappa shape index (κ2) is 9.13. The molecule has 1 unspecified atom stereocenters. The molecule has 0 aromatic heterocycles. The minimum atomic E-state index is -0.562. The van der Waals surface area contributed by atoms with Gasteiger partial charge in [0, 0.05) is 15.2 Å². The molecule has 0 heterocycles. The molecule has 0 aliphatic rings. The van der Waals surface area contributed by atoms with E-state index < -0.39 is 8.80 Å². The SMILES string of the molecule is CCOC(=O)CC(C[Si](C)C)C[Si](C)c1ccccc1. The molecular formula is C16H26O2Si2. The molecule has 2 nitrogen and oxygen atoms in total. The summed E-state index contributed by atoms with van der Waals surface area (Å²) in [6.45, 7) is 9.38. The van der Waals surface area contributed by atoms with E-state index in [1.165, 1.54) is 17.3 Å². The highest BCUT2D eigenvalue weighted by Crippen LogP contribution is 2.20. The Morgan fingerprint density at radius 2 is 1.80 bits per heavy atom. The van der Waals surface area contributed by atoms with Crippen LogP contribution in [0.15, 0.2) is 30.3 Å². The van der Waals surface area contributed by atoms with Gasteiger partial charge in [0.05, 0.1) is 15.4 Å². The van der Waals surface area contributed by atoms with Crippen LogP contribution in [0.4, 0.5) is 0 Å². The molecule has 4 heteroatoms. The van der Waals surface area contributed by atoms with Gasteiger partial charge in [-0.25, -0.2) is 0 Å². The number of carbonyl (C=O) groups excluding carboxylic acids is 1. The average molecular weight is 307 g/mol. The van der Waals surface area contributed by atoms with Crippen LogP contribution in [0.3, 0.4) is 0 Å². The molecule has 1 aromatic carbocycles. The van der Waals surface area contributed by atoms with Crippen molar-refractivity contribution in [2.24, 2.45) is 5.92 Å². The summed E-state index contributed by atoms with van der Waals surface area (Å²) in [6.07, 6.45) is 0.596. The van der Waals surface area contributed by atoms with Gasteiger partial charge in [-0.3, -0.25) is 4.79 Å². The molecule has 110 valence electrons. The minimum Gasteiger partial charge on any atom is -0.466 e. The topological polar surface area (TPSA) is 26.3 Å². The highest BCUT2D eigenvalue weighted by atomic mass is 28.3. The Bertz CT molecular complexity index is 393. The summed E-state index contributed by atoms with van der Waals surface area (Å²) in [5, 5.41) is 1.47. The number of hydrogen-bond acceptors (Lipinski definition) is 2. The van der Waals surface area contributed by atoms with Crippen LogP contribution in [0.25, 0.3) is 0 Å². The first kappa shape index (κ1) is 17.2. The van der Waals surface area contributed by atoms with Crippen molar-refractivity contribution in [3.05, 3.63) is 30.3 Å². The number of carbonyl (C=O) groups is 1. The van der Waals surface area contributed by atoms with Gasteiger partial charge in [-0.2, -0.15) is 0 Å². The number of benzene rings is 1. The molecule has 0 fully saturated rings. The maximum Gasteiger partial charge on any atom is 0.306 e. The van der Waals surface area contributed by atoms with Crippen LogP contribution in [0.2, 0.25) is 31.7 Å². The first-order chi connectivity index (χ1) is 9.52. The first-order valence-electron chi connectivity index (χ1n) is 7.35. The van der Waals surface area contributed by atoms with Crippen LogP contribution in [-0.2, 0) is 9.53 Å². The lowest BCUT2D eigenvalue weighted by Crippen LogP contribution is -2.30. The predicted molar refractivity (Wildman–Crippen MR) is 89.5 cm³/mol. The molecule has 0 spiro atoms. The zero-order chi connectivity index (χ0) is 15.0. The molecule has 20 heavy (non-hydrogen) atoms. The van der Waals surface area contributed by atoms with Crippen molar-refractivity contribution in [1.29, 1.82) is 0 Å². The van der Waals surface area contributed by atoms with Gasteiger partial charge in [0.15, 0.2) is 0 Å². The molecule has 0 saturated heterocycles. The van der Waals surface area contributed by atoms with Crippen molar-refractivity contribution in [1.82, 2.24) is 0 Å². The van der Waals surface area contributed by atoms with E-state index in [0.29, 0.717) is 18.9 Å². The predicted octanol–water partition coefficient (Wildman–Crippen LogP) is 3.34. The van der Waals surface area contributed by atoms with E-state index in [1.807, 2.05) is 6.92 Å². The third-order valence-electron chi connectivity index (χ3n) is 3.32. The summed E-state index contributed by atoms with van der Waals surface area (Å²) in [7, 11) is -0.873. The third kappa shape index (κ3) is 6.52. The van der Waals surface area contributed by atoms with Gasteiger partial charge in [0.2, 0.25) is 0 Å². The number of ether oxygens (including phenoxy) is 1. The van der Waals surface area contributed by atoms with Crippen LogP contribution in [-0.4, -0.2) is 30.2 Å². The van der Waals surface area contributed by atoms with E-state index in [1.54, 1.807) is 0 Å². The molecular weight excluding hydrogens is 280 g/mol. The zero-order valence-corrected chi connectivity index (χ0v) is 15.1. The molecule has 0 amide bonds. The summed E-state index contributed by atoms with van der Waals surface area (Å²) >= 11 is 0. The van der Waals surface area contributed by atoms with Crippen molar-refractivity contribution >= 4 is 28.7 Å². The van der Waals surface area contributed by atoms with Gasteiger partial charge in [-0.05, 0) is 12.8 Å². The summed E-state index contributed by atoms with van der Waals surface area (Å²) in [4.78, 5) is 11.8. The molecule has 0 aliphatic heterocycles. The largest absolute Gasteiger partial charge is 0.466 e. The molecule has 1 aromatic rings. The lowest BCUT2D eigenvalue weighted by atomic mass is 10.1. The van der Waals surface area contributed by atoms with E-state index in [0.717, 1.165) is 0 Å². The third-order valence-corrected chi connectivity index (χ3v) is 7.22. The summed E-state index contributed by atoms with van der Waals surface area (Å²) < 4.78 is 5.12. The summed E-state index contributed by atoms with van der Waals surface area (Å²) in [6, 6.07) is 13.1. The Hall–Kier alpha value is -0.876. The van der Waals surface area contributed by atoms with E-state index in [9.17, 15) is 4.79 Å². The Kier molecular flexibility index (Phi) is 7.84. The summed E-state index contributed by atoms with van der Waals surface area (Å²) in [5.41, 5.74) is 0. The van der Waals surface area contributed by atoms with Gasteiger partial charge in [0.25, 0.3) is 0 Å². The standard InChI is InChI=1S/C16H26O2Si2/c1-5-18-16(17)11-14(12-19(2)3)13-20(4)15-9-7-6-8-10-15/h6-10,14H,5,11-13H2,1-4H3. The monoisotopic (exact) mass is 306 g/mol. The van der Waals surface area contributed by atoms with Crippen LogP contribution in [0.1, 0.15) is 13.3 Å². The molecule has 0 saturated carbocycles. The van der Waals surface area contributed by atoms with E-state index in [2.05, 4.69) is 50.0 Å². The fourth-order valence-corrected chi connectivity index (χ4v) is 6.41. The van der Waals surface area contributed by atoms with Crippen molar-refractivity contribution < 1.29 is 9.53 Å². The number of rotatable bonds is 8. The Balaban J connectivity index is 2.61. The van der Waals surface area contributed by atoms with Gasteiger partial charge >= 0.3 is 5.97 Å². The quantitative estimate of drug-likeness (QED) is 0.544. The zero-order valence-electron chi connectivity index (χ0n) is 13.1. The van der Waals surface area contributed by atoms with Crippen LogP contribution in [0.5, 0.6) is 0 Å². The minimum absolute atomic E-state index is 0.0244.